The lowest BCUT2D eigenvalue weighted by Gasteiger charge is -2.10. The Balaban J connectivity index is 1.90. The Morgan fingerprint density at radius 1 is 0.966 bits per heavy atom. The van der Waals surface area contributed by atoms with Gasteiger partial charge in [0.2, 0.25) is 15.8 Å². The Morgan fingerprint density at radius 3 is 2.21 bits per heavy atom. The van der Waals surface area contributed by atoms with Gasteiger partial charge in [-0.05, 0) is 61.2 Å². The van der Waals surface area contributed by atoms with Crippen molar-refractivity contribution in [2.45, 2.75) is 44.4 Å². The molecule has 7 heteroatoms. The van der Waals surface area contributed by atoms with Crippen LogP contribution in [0.25, 0.3) is 0 Å². The monoisotopic (exact) mass is 417 g/mol. The Labute approximate surface area is 172 Å². The van der Waals surface area contributed by atoms with E-state index in [1.807, 2.05) is 32.0 Å². The third-order valence-electron chi connectivity index (χ3n) is 4.75. The van der Waals surface area contributed by atoms with E-state index in [1.54, 1.807) is 12.1 Å². The van der Waals surface area contributed by atoms with E-state index in [4.69, 9.17) is 4.74 Å². The molecule has 0 fully saturated rings. The lowest BCUT2D eigenvalue weighted by atomic mass is 9.98. The molecule has 0 radical (unpaired) electrons. The van der Waals surface area contributed by atoms with Gasteiger partial charge in [-0.1, -0.05) is 38.1 Å². The zero-order valence-corrected chi connectivity index (χ0v) is 17.8. The summed E-state index contributed by atoms with van der Waals surface area (Å²) in [6.45, 7) is 3.73. The quantitative estimate of drug-likeness (QED) is 0.474. The summed E-state index contributed by atoms with van der Waals surface area (Å²) in [7, 11) is -2.13. The normalized spacial score (nSPS) is 11.3. The van der Waals surface area contributed by atoms with E-state index in [1.165, 1.54) is 19.2 Å². The molecular weight excluding hydrogens is 390 g/mol. The SMILES string of the molecule is CCc1ccc(CC)c(C(=O)COC(=O)CCc2ccc(S(=O)(=O)NC)cc2)c1. The van der Waals surface area contributed by atoms with Crippen molar-refractivity contribution in [2.24, 2.45) is 0 Å². The Morgan fingerprint density at radius 2 is 1.62 bits per heavy atom. The van der Waals surface area contributed by atoms with E-state index in [9.17, 15) is 18.0 Å². The fraction of sp³-hybridized carbons (Fsp3) is 0.364. The van der Waals surface area contributed by atoms with Gasteiger partial charge >= 0.3 is 5.97 Å². The summed E-state index contributed by atoms with van der Waals surface area (Å²) in [5.41, 5.74) is 3.44. The van der Waals surface area contributed by atoms with Crippen LogP contribution in [0.15, 0.2) is 47.4 Å². The van der Waals surface area contributed by atoms with Crippen molar-refractivity contribution in [1.82, 2.24) is 4.72 Å². The number of nitrogens with one attached hydrogen (secondary N) is 1. The largest absolute Gasteiger partial charge is 0.457 e. The molecule has 0 aliphatic heterocycles. The molecule has 0 atom stereocenters. The highest BCUT2D eigenvalue weighted by atomic mass is 32.2. The Hall–Kier alpha value is -2.51. The minimum Gasteiger partial charge on any atom is -0.457 e. The van der Waals surface area contributed by atoms with E-state index in [0.717, 1.165) is 29.5 Å². The van der Waals surface area contributed by atoms with Crippen LogP contribution in [0, 0.1) is 0 Å². The van der Waals surface area contributed by atoms with Crippen LogP contribution in [-0.2, 0) is 38.8 Å². The van der Waals surface area contributed by atoms with Gasteiger partial charge in [0.1, 0.15) is 0 Å². The molecule has 2 rings (SSSR count). The van der Waals surface area contributed by atoms with Crippen molar-refractivity contribution in [3.63, 3.8) is 0 Å². The van der Waals surface area contributed by atoms with Gasteiger partial charge in [-0.3, -0.25) is 9.59 Å². The second-order valence-electron chi connectivity index (χ2n) is 6.63. The number of carbonyl (C=O) groups excluding carboxylic acids is 2. The average Bonchev–Trinajstić information content (AvgIpc) is 2.75. The maximum atomic E-state index is 12.5. The van der Waals surface area contributed by atoms with Gasteiger partial charge in [0.15, 0.2) is 6.61 Å². The molecule has 0 unspecified atom stereocenters. The van der Waals surface area contributed by atoms with Crippen LogP contribution in [0.5, 0.6) is 0 Å². The molecule has 2 aromatic carbocycles. The molecule has 0 amide bonds. The van der Waals surface area contributed by atoms with Crippen LogP contribution in [-0.4, -0.2) is 33.8 Å². The molecule has 0 heterocycles. The number of hydrogen-bond donors (Lipinski definition) is 1. The third-order valence-corrected chi connectivity index (χ3v) is 6.18. The molecule has 0 bridgehead atoms. The zero-order valence-electron chi connectivity index (χ0n) is 17.0. The van der Waals surface area contributed by atoms with E-state index in [0.29, 0.717) is 12.0 Å². The topological polar surface area (TPSA) is 89.5 Å². The lowest BCUT2D eigenvalue weighted by Crippen LogP contribution is -2.18. The molecule has 0 aromatic heterocycles. The summed E-state index contributed by atoms with van der Waals surface area (Å²) >= 11 is 0. The van der Waals surface area contributed by atoms with Crippen LogP contribution in [0.3, 0.4) is 0 Å². The molecule has 6 nitrogen and oxygen atoms in total. The van der Waals surface area contributed by atoms with Gasteiger partial charge in [0.25, 0.3) is 0 Å². The molecule has 0 spiro atoms. The van der Waals surface area contributed by atoms with Crippen molar-refractivity contribution in [3.8, 4) is 0 Å². The highest BCUT2D eigenvalue weighted by molar-refractivity contribution is 7.89. The number of ketones is 1. The van der Waals surface area contributed by atoms with Gasteiger partial charge in [0.05, 0.1) is 4.90 Å². The first-order chi connectivity index (χ1) is 13.8. The predicted molar refractivity (Wildman–Crippen MR) is 111 cm³/mol. The third kappa shape index (κ3) is 6.24. The number of ether oxygens (including phenoxy) is 1. The lowest BCUT2D eigenvalue weighted by molar-refractivity contribution is -0.142. The second-order valence-corrected chi connectivity index (χ2v) is 8.52. The molecule has 156 valence electrons. The molecule has 1 N–H and O–H groups in total. The molecule has 0 saturated heterocycles. The first-order valence-electron chi connectivity index (χ1n) is 9.63. The van der Waals surface area contributed by atoms with Gasteiger partial charge in [0, 0.05) is 12.0 Å². The number of aryl methyl sites for hydroxylation is 3. The van der Waals surface area contributed by atoms with E-state index < -0.39 is 16.0 Å². The van der Waals surface area contributed by atoms with Crippen LogP contribution in [0.4, 0.5) is 0 Å². The average molecular weight is 418 g/mol. The maximum absolute atomic E-state index is 12.5. The molecular formula is C22H27NO5S. The maximum Gasteiger partial charge on any atom is 0.306 e. The number of Topliss-reactive ketones (excluding diaryl/α,β-unsaturated/α-hetero) is 1. The van der Waals surface area contributed by atoms with Crippen LogP contribution in [0.2, 0.25) is 0 Å². The van der Waals surface area contributed by atoms with Crippen molar-refractivity contribution >= 4 is 21.8 Å². The highest BCUT2D eigenvalue weighted by Gasteiger charge is 2.15. The number of carbonyl (C=O) groups is 2. The smallest absolute Gasteiger partial charge is 0.306 e. The molecule has 2 aromatic rings. The highest BCUT2D eigenvalue weighted by Crippen LogP contribution is 2.15. The van der Waals surface area contributed by atoms with Gasteiger partial charge in [-0.2, -0.15) is 0 Å². The number of benzene rings is 2. The first-order valence-corrected chi connectivity index (χ1v) is 11.1. The molecule has 0 aliphatic carbocycles. The molecule has 29 heavy (non-hydrogen) atoms. The van der Waals surface area contributed by atoms with Gasteiger partial charge in [-0.25, -0.2) is 13.1 Å². The number of hydrogen-bond acceptors (Lipinski definition) is 5. The van der Waals surface area contributed by atoms with Crippen LogP contribution < -0.4 is 4.72 Å². The molecule has 0 aliphatic rings. The summed E-state index contributed by atoms with van der Waals surface area (Å²) < 4.78 is 30.8. The fourth-order valence-corrected chi connectivity index (χ4v) is 3.64. The summed E-state index contributed by atoms with van der Waals surface area (Å²) in [6.07, 6.45) is 2.08. The Bertz CT molecular complexity index is 965. The summed E-state index contributed by atoms with van der Waals surface area (Å²) in [4.78, 5) is 24.7. The summed E-state index contributed by atoms with van der Waals surface area (Å²) in [5.74, 6) is -0.665. The molecule has 0 saturated carbocycles. The van der Waals surface area contributed by atoms with Crippen LogP contribution in [0.1, 0.15) is 47.3 Å². The summed E-state index contributed by atoms with van der Waals surface area (Å²) in [5, 5.41) is 0. The van der Waals surface area contributed by atoms with E-state index in [2.05, 4.69) is 4.72 Å². The van der Waals surface area contributed by atoms with Gasteiger partial charge < -0.3 is 4.74 Å². The second kappa shape index (κ2) is 10.3. The first kappa shape index (κ1) is 22.8. The number of rotatable bonds is 10. The summed E-state index contributed by atoms with van der Waals surface area (Å²) in [6, 6.07) is 12.1. The van der Waals surface area contributed by atoms with E-state index in [-0.39, 0.29) is 23.7 Å². The standard InChI is InChI=1S/C22H27NO5S/c1-4-16-6-10-18(5-2)20(14-16)21(24)15-28-22(25)13-9-17-7-11-19(12-8-17)29(26,27)23-3/h6-8,10-12,14,23H,4-5,9,13,15H2,1-3H3. The minimum atomic E-state index is -3.48. The van der Waals surface area contributed by atoms with Crippen molar-refractivity contribution < 1.29 is 22.7 Å². The van der Waals surface area contributed by atoms with Crippen LogP contribution >= 0.6 is 0 Å². The van der Waals surface area contributed by atoms with Crippen molar-refractivity contribution in [3.05, 3.63) is 64.7 Å². The zero-order chi connectivity index (χ0) is 21.4. The number of esters is 1. The van der Waals surface area contributed by atoms with Gasteiger partial charge in [-0.15, -0.1) is 0 Å². The fourth-order valence-electron chi connectivity index (χ4n) is 2.91. The number of sulfonamides is 1. The predicted octanol–water partition coefficient (Wildman–Crippen LogP) is 3.08. The Kier molecular flexibility index (Phi) is 8.10. The van der Waals surface area contributed by atoms with Crippen molar-refractivity contribution in [1.29, 1.82) is 0 Å². The van der Waals surface area contributed by atoms with E-state index >= 15 is 0 Å². The minimum absolute atomic E-state index is 0.112. The van der Waals surface area contributed by atoms with Crippen molar-refractivity contribution in [2.75, 3.05) is 13.7 Å².